The van der Waals surface area contributed by atoms with Crippen molar-refractivity contribution in [1.29, 1.82) is 0 Å². The molecule has 0 bridgehead atoms. The number of esters is 1. The molecule has 0 spiro atoms. The third kappa shape index (κ3) is 4.28. The van der Waals surface area contributed by atoms with Crippen molar-refractivity contribution in [3.05, 3.63) is 28.2 Å². The molecule has 136 valence electrons. The minimum Gasteiger partial charge on any atom is -0.481 e. The second-order valence-electron chi connectivity index (χ2n) is 6.42. The smallest absolute Gasteiger partial charge is 0.341 e. The number of amides is 1. The molecule has 1 aromatic rings. The van der Waals surface area contributed by atoms with Gasteiger partial charge in [-0.15, -0.1) is 11.3 Å². The molecule has 0 saturated heterocycles. The molecule has 2 N–H and O–H groups in total. The third-order valence-corrected chi connectivity index (χ3v) is 5.38. The highest BCUT2D eigenvalue weighted by atomic mass is 32.1. The van der Waals surface area contributed by atoms with Crippen molar-refractivity contribution in [1.82, 2.24) is 0 Å². The molecule has 0 fully saturated rings. The van der Waals surface area contributed by atoms with Gasteiger partial charge in [0.15, 0.2) is 0 Å². The summed E-state index contributed by atoms with van der Waals surface area (Å²) in [5, 5.41) is 12.5. The van der Waals surface area contributed by atoms with Gasteiger partial charge in [0.2, 0.25) is 5.91 Å². The molecule has 2 atom stereocenters. The van der Waals surface area contributed by atoms with Crippen LogP contribution in [0.5, 0.6) is 0 Å². The Kier molecular flexibility index (Phi) is 6.00. The molecule has 6 nitrogen and oxygen atoms in total. The molecular weight excluding hydrogens is 342 g/mol. The molecule has 0 aromatic carbocycles. The zero-order valence-electron chi connectivity index (χ0n) is 14.8. The van der Waals surface area contributed by atoms with Gasteiger partial charge < -0.3 is 15.2 Å². The summed E-state index contributed by atoms with van der Waals surface area (Å²) in [7, 11) is 0. The van der Waals surface area contributed by atoms with E-state index in [4.69, 9.17) is 4.74 Å². The van der Waals surface area contributed by atoms with E-state index in [1.165, 1.54) is 11.3 Å². The van der Waals surface area contributed by atoms with Crippen LogP contribution in [0.1, 0.15) is 47.5 Å². The number of ether oxygens (including phenoxy) is 1. The van der Waals surface area contributed by atoms with Crippen LogP contribution in [-0.4, -0.2) is 29.1 Å². The average Bonchev–Trinajstić information content (AvgIpc) is 2.80. The number of anilines is 1. The molecule has 0 unspecified atom stereocenters. The lowest BCUT2D eigenvalue weighted by Gasteiger charge is -2.24. The number of carbonyl (C=O) groups is 3. The molecule has 1 amide bonds. The Hall–Kier alpha value is -2.15. The van der Waals surface area contributed by atoms with Gasteiger partial charge in [-0.25, -0.2) is 4.79 Å². The fourth-order valence-electron chi connectivity index (χ4n) is 2.82. The van der Waals surface area contributed by atoms with Crippen LogP contribution in [0.2, 0.25) is 0 Å². The Morgan fingerprint density at radius 1 is 1.20 bits per heavy atom. The minimum absolute atomic E-state index is 0.268. The Morgan fingerprint density at radius 2 is 1.80 bits per heavy atom. The van der Waals surface area contributed by atoms with E-state index in [1.807, 2.05) is 19.9 Å². The average molecular weight is 365 g/mol. The van der Waals surface area contributed by atoms with Crippen LogP contribution in [0, 0.1) is 25.7 Å². The van der Waals surface area contributed by atoms with E-state index < -0.39 is 23.8 Å². The molecular formula is C18H23NO5S. The van der Waals surface area contributed by atoms with E-state index in [0.29, 0.717) is 23.4 Å². The number of rotatable bonds is 5. The normalized spacial score (nSPS) is 19.7. The number of allylic oxidation sites excluding steroid dienone is 2. The zero-order valence-corrected chi connectivity index (χ0v) is 15.6. The summed E-state index contributed by atoms with van der Waals surface area (Å²) < 4.78 is 5.27. The summed E-state index contributed by atoms with van der Waals surface area (Å²) in [6.45, 7) is 7.19. The highest BCUT2D eigenvalue weighted by Crippen LogP contribution is 2.35. The maximum atomic E-state index is 12.6. The van der Waals surface area contributed by atoms with Crippen LogP contribution in [-0.2, 0) is 14.3 Å². The maximum absolute atomic E-state index is 12.6. The lowest BCUT2D eigenvalue weighted by atomic mass is 9.82. The molecule has 0 aliphatic heterocycles. The lowest BCUT2D eigenvalue weighted by Crippen LogP contribution is -2.34. The number of hydrogen-bond acceptors (Lipinski definition) is 5. The number of hydrogen-bond donors (Lipinski definition) is 2. The number of nitrogens with one attached hydrogen (secondary N) is 1. The second kappa shape index (κ2) is 7.82. The molecule has 1 aliphatic rings. The first-order valence-corrected chi connectivity index (χ1v) is 9.03. The lowest BCUT2D eigenvalue weighted by molar-refractivity contribution is -0.146. The van der Waals surface area contributed by atoms with E-state index in [1.54, 1.807) is 19.9 Å². The highest BCUT2D eigenvalue weighted by molar-refractivity contribution is 7.16. The molecule has 7 heteroatoms. The topological polar surface area (TPSA) is 92.7 Å². The summed E-state index contributed by atoms with van der Waals surface area (Å²) in [5.74, 6) is -3.25. The van der Waals surface area contributed by atoms with Gasteiger partial charge in [-0.2, -0.15) is 0 Å². The predicted molar refractivity (Wildman–Crippen MR) is 96.0 cm³/mol. The minimum atomic E-state index is -0.984. The Bertz CT molecular complexity index is 719. The first kappa shape index (κ1) is 19.2. The standard InChI is InChI=1S/C18H23NO5S/c1-9(2)24-18(23)14-10(3)11(4)25-16(14)19-15(20)12-7-5-6-8-13(12)17(21)22/h5-6,9,12-13H,7-8H2,1-4H3,(H,19,20)(H,21,22)/t12-,13+/m1/s1. The van der Waals surface area contributed by atoms with Crippen LogP contribution in [0.25, 0.3) is 0 Å². The molecule has 1 aliphatic carbocycles. The van der Waals surface area contributed by atoms with Crippen molar-refractivity contribution in [3.8, 4) is 0 Å². The monoisotopic (exact) mass is 365 g/mol. The van der Waals surface area contributed by atoms with Crippen LogP contribution < -0.4 is 5.32 Å². The molecule has 0 saturated carbocycles. The van der Waals surface area contributed by atoms with E-state index in [2.05, 4.69) is 5.32 Å². The van der Waals surface area contributed by atoms with Crippen LogP contribution in [0.3, 0.4) is 0 Å². The summed E-state index contributed by atoms with van der Waals surface area (Å²) in [5.41, 5.74) is 1.12. The molecule has 2 rings (SSSR count). The number of aliphatic carboxylic acids is 1. The van der Waals surface area contributed by atoms with Gasteiger partial charge in [0.05, 0.1) is 23.5 Å². The number of thiophene rings is 1. The van der Waals surface area contributed by atoms with E-state index in [9.17, 15) is 19.5 Å². The molecule has 1 aromatic heterocycles. The fraction of sp³-hybridized carbons (Fsp3) is 0.500. The van der Waals surface area contributed by atoms with Crippen molar-refractivity contribution >= 4 is 34.2 Å². The van der Waals surface area contributed by atoms with Gasteiger partial charge >= 0.3 is 11.9 Å². The van der Waals surface area contributed by atoms with Crippen molar-refractivity contribution in [2.24, 2.45) is 11.8 Å². The number of carboxylic acids is 1. The van der Waals surface area contributed by atoms with Gasteiger partial charge in [0, 0.05) is 4.88 Å². The molecule has 0 radical (unpaired) electrons. The van der Waals surface area contributed by atoms with Gasteiger partial charge in [-0.05, 0) is 46.1 Å². The van der Waals surface area contributed by atoms with E-state index in [0.717, 1.165) is 10.4 Å². The maximum Gasteiger partial charge on any atom is 0.341 e. The van der Waals surface area contributed by atoms with Crippen LogP contribution in [0.4, 0.5) is 5.00 Å². The largest absolute Gasteiger partial charge is 0.481 e. The third-order valence-electron chi connectivity index (χ3n) is 4.26. The quantitative estimate of drug-likeness (QED) is 0.615. The van der Waals surface area contributed by atoms with Crippen molar-refractivity contribution < 1.29 is 24.2 Å². The van der Waals surface area contributed by atoms with Crippen molar-refractivity contribution in [3.63, 3.8) is 0 Å². The fourth-order valence-corrected chi connectivity index (χ4v) is 3.87. The predicted octanol–water partition coefficient (Wildman–Crippen LogP) is 3.54. The Labute approximate surface area is 150 Å². The van der Waals surface area contributed by atoms with Gasteiger partial charge in [-0.3, -0.25) is 9.59 Å². The second-order valence-corrected chi connectivity index (χ2v) is 7.65. The van der Waals surface area contributed by atoms with Gasteiger partial charge in [0.1, 0.15) is 5.00 Å². The van der Waals surface area contributed by atoms with Crippen molar-refractivity contribution in [2.75, 3.05) is 5.32 Å². The summed E-state index contributed by atoms with van der Waals surface area (Å²) in [4.78, 5) is 37.3. The van der Waals surface area contributed by atoms with Crippen LogP contribution in [0.15, 0.2) is 12.2 Å². The first-order chi connectivity index (χ1) is 11.7. The highest BCUT2D eigenvalue weighted by Gasteiger charge is 2.35. The van der Waals surface area contributed by atoms with E-state index in [-0.39, 0.29) is 12.0 Å². The number of carbonyl (C=O) groups excluding carboxylic acids is 2. The van der Waals surface area contributed by atoms with Gasteiger partial charge in [-0.1, -0.05) is 12.2 Å². The molecule has 1 heterocycles. The molecule has 25 heavy (non-hydrogen) atoms. The summed E-state index contributed by atoms with van der Waals surface area (Å²) in [6.07, 6.45) is 4.04. The van der Waals surface area contributed by atoms with E-state index >= 15 is 0 Å². The zero-order chi connectivity index (χ0) is 18.7. The SMILES string of the molecule is Cc1sc(NC(=O)[C@@H]2CC=CC[C@@H]2C(=O)O)c(C(=O)OC(C)C)c1C. The Morgan fingerprint density at radius 3 is 2.36 bits per heavy atom. The first-order valence-electron chi connectivity index (χ1n) is 8.22. The number of aryl methyl sites for hydroxylation is 1. The van der Waals surface area contributed by atoms with Gasteiger partial charge in [0.25, 0.3) is 0 Å². The Balaban J connectivity index is 2.26. The van der Waals surface area contributed by atoms with Crippen molar-refractivity contribution in [2.45, 2.75) is 46.6 Å². The summed E-state index contributed by atoms with van der Waals surface area (Å²) >= 11 is 1.30. The summed E-state index contributed by atoms with van der Waals surface area (Å²) in [6, 6.07) is 0. The number of carboxylic acid groups (broad SMARTS) is 1. The van der Waals surface area contributed by atoms with Crippen LogP contribution >= 0.6 is 11.3 Å².